The Kier molecular flexibility index (Phi) is 3.13. The summed E-state index contributed by atoms with van der Waals surface area (Å²) < 4.78 is 0. The highest BCUT2D eigenvalue weighted by atomic mass is 32.1. The summed E-state index contributed by atoms with van der Waals surface area (Å²) in [5.41, 5.74) is 1.48. The Hall–Kier alpha value is -0.0831. The third-order valence-electron chi connectivity index (χ3n) is 2.07. The van der Waals surface area contributed by atoms with Crippen molar-refractivity contribution in [3.63, 3.8) is 0 Å². The van der Waals surface area contributed by atoms with E-state index in [0.29, 0.717) is 0 Å². The zero-order valence-corrected chi connectivity index (χ0v) is 10.3. The zero-order chi connectivity index (χ0) is 9.19. The summed E-state index contributed by atoms with van der Waals surface area (Å²) in [6, 6.07) is 3.65. The van der Waals surface area contributed by atoms with E-state index in [2.05, 4.69) is 38.0 Å². The minimum absolute atomic E-state index is 0.830. The summed E-state index contributed by atoms with van der Waals surface area (Å²) in [6.45, 7) is 9.54. The van der Waals surface area contributed by atoms with Gasteiger partial charge in [0.25, 0.3) is 0 Å². The highest BCUT2D eigenvalue weighted by Gasteiger charge is 2.13. The summed E-state index contributed by atoms with van der Waals surface area (Å²) in [4.78, 5) is 1.59. The van der Waals surface area contributed by atoms with Gasteiger partial charge in [0.05, 0.1) is 0 Å². The Labute approximate surface area is 80.6 Å². The number of hydrogen-bond donors (Lipinski definition) is 0. The molecule has 0 aromatic carbocycles. The lowest BCUT2D eigenvalue weighted by molar-refractivity contribution is 1.11. The molecular formula is C10H18SSi. The Morgan fingerprint density at radius 1 is 1.33 bits per heavy atom. The summed E-state index contributed by atoms with van der Waals surface area (Å²) >= 11 is 1.91. The van der Waals surface area contributed by atoms with Gasteiger partial charge in [-0.25, -0.2) is 0 Å². The van der Waals surface area contributed by atoms with Crippen molar-refractivity contribution in [3.8, 4) is 0 Å². The van der Waals surface area contributed by atoms with Gasteiger partial charge in [-0.1, -0.05) is 25.7 Å². The van der Waals surface area contributed by atoms with Gasteiger partial charge >= 0.3 is 0 Å². The van der Waals surface area contributed by atoms with Gasteiger partial charge in [0.15, 0.2) is 0 Å². The van der Waals surface area contributed by atoms with Gasteiger partial charge in [0.2, 0.25) is 0 Å². The topological polar surface area (TPSA) is 0 Å². The fraction of sp³-hybridized carbons (Fsp3) is 0.600. The van der Waals surface area contributed by atoms with Crippen LogP contribution in [-0.4, -0.2) is 8.07 Å². The molecule has 0 saturated carbocycles. The third-order valence-corrected chi connectivity index (χ3v) is 4.90. The van der Waals surface area contributed by atoms with Crippen LogP contribution in [0, 0.1) is 6.92 Å². The van der Waals surface area contributed by atoms with Gasteiger partial charge in [0, 0.05) is 13.0 Å². The smallest absolute Gasteiger partial charge is 0.0446 e. The Morgan fingerprint density at radius 3 is 2.42 bits per heavy atom. The van der Waals surface area contributed by atoms with Gasteiger partial charge in [-0.15, -0.1) is 11.3 Å². The van der Waals surface area contributed by atoms with Crippen LogP contribution >= 0.6 is 11.3 Å². The average Bonchev–Trinajstić information content (AvgIpc) is 2.29. The minimum atomic E-state index is -0.830. The van der Waals surface area contributed by atoms with E-state index in [0.717, 1.165) is 0 Å². The van der Waals surface area contributed by atoms with E-state index in [-0.39, 0.29) is 0 Å². The van der Waals surface area contributed by atoms with Crippen molar-refractivity contribution in [2.24, 2.45) is 0 Å². The molecule has 0 radical (unpaired) electrons. The summed E-state index contributed by atoms with van der Waals surface area (Å²) in [7, 11) is -0.830. The van der Waals surface area contributed by atoms with Crippen LogP contribution in [0.1, 0.15) is 10.4 Å². The summed E-state index contributed by atoms with van der Waals surface area (Å²) in [5.74, 6) is 0. The van der Waals surface area contributed by atoms with Crippen molar-refractivity contribution in [3.05, 3.63) is 21.9 Å². The molecule has 0 bridgehead atoms. The molecule has 0 aliphatic heterocycles. The van der Waals surface area contributed by atoms with Gasteiger partial charge in [0.1, 0.15) is 0 Å². The molecule has 1 heterocycles. The van der Waals surface area contributed by atoms with E-state index in [1.54, 1.807) is 4.88 Å². The van der Waals surface area contributed by atoms with Crippen molar-refractivity contribution in [2.45, 2.75) is 39.0 Å². The molecule has 68 valence electrons. The van der Waals surface area contributed by atoms with Crippen molar-refractivity contribution in [1.29, 1.82) is 0 Å². The average molecular weight is 198 g/mol. The molecule has 1 aromatic heterocycles. The second-order valence-electron chi connectivity index (χ2n) is 4.59. The van der Waals surface area contributed by atoms with Gasteiger partial charge < -0.3 is 0 Å². The predicted molar refractivity (Wildman–Crippen MR) is 60.9 cm³/mol. The van der Waals surface area contributed by atoms with Crippen LogP contribution in [0.4, 0.5) is 0 Å². The zero-order valence-electron chi connectivity index (χ0n) is 8.48. The molecule has 0 N–H and O–H groups in total. The van der Waals surface area contributed by atoms with Crippen molar-refractivity contribution >= 4 is 19.4 Å². The molecule has 0 amide bonds. The number of aryl methyl sites for hydroxylation is 2. The quantitative estimate of drug-likeness (QED) is 0.645. The van der Waals surface area contributed by atoms with Crippen molar-refractivity contribution < 1.29 is 0 Å². The Morgan fingerprint density at radius 2 is 2.00 bits per heavy atom. The molecule has 0 nitrogen and oxygen atoms in total. The second kappa shape index (κ2) is 3.75. The molecule has 1 aromatic rings. The van der Waals surface area contributed by atoms with Gasteiger partial charge in [-0.2, -0.15) is 0 Å². The number of hydrogen-bond acceptors (Lipinski definition) is 1. The maximum absolute atomic E-state index is 2.44. The normalized spacial score (nSPS) is 12.0. The lowest BCUT2D eigenvalue weighted by Gasteiger charge is -2.14. The van der Waals surface area contributed by atoms with Crippen LogP contribution in [0.25, 0.3) is 0 Å². The molecule has 0 atom stereocenters. The summed E-state index contributed by atoms with van der Waals surface area (Å²) in [5, 5.41) is 2.20. The predicted octanol–water partition coefficient (Wildman–Crippen LogP) is 3.94. The van der Waals surface area contributed by atoms with E-state index in [1.165, 1.54) is 18.0 Å². The molecule has 12 heavy (non-hydrogen) atoms. The maximum atomic E-state index is 2.44. The third kappa shape index (κ3) is 3.11. The lowest BCUT2D eigenvalue weighted by Crippen LogP contribution is -2.19. The van der Waals surface area contributed by atoms with E-state index >= 15 is 0 Å². The molecule has 0 aliphatic carbocycles. The molecular weight excluding hydrogens is 180 g/mol. The first-order valence-electron chi connectivity index (χ1n) is 4.52. The molecule has 0 unspecified atom stereocenters. The highest BCUT2D eigenvalue weighted by Crippen LogP contribution is 2.20. The minimum Gasteiger partial charge on any atom is -0.149 e. The fourth-order valence-electron chi connectivity index (χ4n) is 1.15. The molecule has 0 aliphatic rings. The van der Waals surface area contributed by atoms with Crippen LogP contribution in [0.2, 0.25) is 25.7 Å². The van der Waals surface area contributed by atoms with Crippen LogP contribution < -0.4 is 0 Å². The number of rotatable bonds is 3. The van der Waals surface area contributed by atoms with Crippen LogP contribution in [0.5, 0.6) is 0 Å². The monoisotopic (exact) mass is 198 g/mol. The number of thiophene rings is 1. The largest absolute Gasteiger partial charge is 0.149 e. The van der Waals surface area contributed by atoms with Crippen LogP contribution in [0.15, 0.2) is 11.4 Å². The fourth-order valence-corrected chi connectivity index (χ4v) is 3.24. The molecule has 0 fully saturated rings. The molecule has 2 heteroatoms. The Bertz CT molecular complexity index is 245. The standard InChI is InChI=1S/C10H18SSi/c1-9-5-7-11-10(9)6-8-12(2,3)4/h5,7H,6,8H2,1-4H3. The molecule has 0 saturated heterocycles. The first-order valence-corrected chi connectivity index (χ1v) is 9.11. The maximum Gasteiger partial charge on any atom is 0.0446 e. The first-order chi connectivity index (χ1) is 5.49. The Balaban J connectivity index is 2.49. The lowest BCUT2D eigenvalue weighted by atomic mass is 10.2. The highest BCUT2D eigenvalue weighted by molar-refractivity contribution is 7.10. The SMILES string of the molecule is Cc1ccsc1CC[Si](C)(C)C. The molecule has 1 rings (SSSR count). The van der Waals surface area contributed by atoms with Gasteiger partial charge in [-0.05, 0) is 30.4 Å². The van der Waals surface area contributed by atoms with Crippen molar-refractivity contribution in [2.75, 3.05) is 0 Å². The van der Waals surface area contributed by atoms with Crippen molar-refractivity contribution in [1.82, 2.24) is 0 Å². The second-order valence-corrected chi connectivity index (χ2v) is 11.2. The van der Waals surface area contributed by atoms with E-state index < -0.39 is 8.07 Å². The van der Waals surface area contributed by atoms with E-state index in [1.807, 2.05) is 11.3 Å². The first kappa shape index (κ1) is 10.0. The van der Waals surface area contributed by atoms with Gasteiger partial charge in [-0.3, -0.25) is 0 Å². The van der Waals surface area contributed by atoms with Crippen LogP contribution in [0.3, 0.4) is 0 Å². The summed E-state index contributed by atoms with van der Waals surface area (Å²) in [6.07, 6.45) is 1.30. The van der Waals surface area contributed by atoms with E-state index in [4.69, 9.17) is 0 Å². The van der Waals surface area contributed by atoms with Crippen LogP contribution in [-0.2, 0) is 6.42 Å². The molecule has 0 spiro atoms. The van der Waals surface area contributed by atoms with E-state index in [9.17, 15) is 0 Å².